The summed E-state index contributed by atoms with van der Waals surface area (Å²) in [5.41, 5.74) is 14.0. The van der Waals surface area contributed by atoms with Crippen LogP contribution in [0.1, 0.15) is 51.5 Å². The molecule has 1 aliphatic carbocycles. The van der Waals surface area contributed by atoms with Gasteiger partial charge >= 0.3 is 0 Å². The van der Waals surface area contributed by atoms with E-state index in [1.54, 1.807) is 24.3 Å². The van der Waals surface area contributed by atoms with Crippen molar-refractivity contribution in [1.29, 1.82) is 0 Å². The molecule has 6 nitrogen and oxygen atoms in total. The summed E-state index contributed by atoms with van der Waals surface area (Å²) in [5.74, 6) is -1.17. The fraction of sp³-hybridized carbons (Fsp3) is 0.182. The van der Waals surface area contributed by atoms with Gasteiger partial charge < -0.3 is 15.7 Å². The van der Waals surface area contributed by atoms with Crippen molar-refractivity contribution in [2.45, 2.75) is 38.5 Å². The van der Waals surface area contributed by atoms with Gasteiger partial charge in [0, 0.05) is 50.9 Å². The number of hydrogen-bond donors (Lipinski definition) is 3. The molecule has 0 saturated heterocycles. The van der Waals surface area contributed by atoms with Gasteiger partial charge in [-0.05, 0) is 68.5 Å². The number of aromatic amines is 2. The topological polar surface area (TPSA) is 100 Å². The fourth-order valence-electron chi connectivity index (χ4n) is 6.06. The summed E-state index contributed by atoms with van der Waals surface area (Å²) in [4.78, 5) is 29.4. The highest BCUT2D eigenvalue weighted by Gasteiger charge is 2.23. The predicted octanol–water partition coefficient (Wildman–Crippen LogP) is 6.82. The molecule has 4 N–H and O–H groups in total. The average Bonchev–Trinajstić information content (AvgIpc) is 3.77. The van der Waals surface area contributed by atoms with Crippen LogP contribution in [0.4, 0.5) is 8.78 Å². The lowest BCUT2D eigenvalue weighted by atomic mass is 9.96. The molecule has 0 spiro atoms. The monoisotopic (exact) mass is 547 g/mol. The summed E-state index contributed by atoms with van der Waals surface area (Å²) < 4.78 is 30.4. The highest BCUT2D eigenvalue weighted by Crippen LogP contribution is 2.35. The summed E-state index contributed by atoms with van der Waals surface area (Å²) in [5, 5.41) is 0. The van der Waals surface area contributed by atoms with Crippen LogP contribution in [0, 0.1) is 5.82 Å². The van der Waals surface area contributed by atoms with E-state index in [9.17, 15) is 4.79 Å². The second kappa shape index (κ2) is 9.96. The number of nitrogens with zero attached hydrogens (tertiary/aromatic N) is 2. The third-order valence-electron chi connectivity index (χ3n) is 7.92. The maximum Gasteiger partial charge on any atom is 0.252 e. The van der Waals surface area contributed by atoms with Gasteiger partial charge in [-0.1, -0.05) is 30.4 Å². The number of nitrogens with one attached hydrogen (secondary N) is 2. The first-order valence-corrected chi connectivity index (χ1v) is 13.8. The molecule has 3 aromatic heterocycles. The highest BCUT2D eigenvalue weighted by molar-refractivity contribution is 6.01. The zero-order valence-electron chi connectivity index (χ0n) is 22.2. The minimum Gasteiger partial charge on any atom is -0.365 e. The van der Waals surface area contributed by atoms with E-state index in [1.165, 1.54) is 6.07 Å². The Morgan fingerprint density at radius 1 is 0.780 bits per heavy atom. The van der Waals surface area contributed by atoms with Crippen molar-refractivity contribution in [2.24, 2.45) is 5.73 Å². The fourth-order valence-corrected chi connectivity index (χ4v) is 6.06. The van der Waals surface area contributed by atoms with Crippen LogP contribution in [0.2, 0.25) is 0 Å². The highest BCUT2D eigenvalue weighted by atomic mass is 19.1. The number of rotatable bonds is 3. The van der Waals surface area contributed by atoms with Crippen molar-refractivity contribution in [3.05, 3.63) is 112 Å². The van der Waals surface area contributed by atoms with Gasteiger partial charge in [0.15, 0.2) is 0 Å². The number of aromatic nitrogens is 4. The standard InChI is InChI=1S/C33H27F2N5O/c34-22-7-3-1-5-20(22)30-24-11-9-18(37-24)17-19-10-12-25(38-19)31(21-6-2-4-8-23(21)35)27-14-16-29(40-27)32(33(36)41)28-15-13-26(30)39-28/h1-3,5-7,9,11,14,16-17,37,40H,4,8,10,12-13,15H2,(H2,36,41). The van der Waals surface area contributed by atoms with Gasteiger partial charge in [0.25, 0.3) is 5.91 Å². The Balaban J connectivity index is 1.63. The molecule has 0 fully saturated rings. The summed E-state index contributed by atoms with van der Waals surface area (Å²) in [6, 6.07) is 16.1. The van der Waals surface area contributed by atoms with Crippen LogP contribution in [0.25, 0.3) is 38.8 Å². The van der Waals surface area contributed by atoms with Crippen LogP contribution in [0.5, 0.6) is 0 Å². The van der Waals surface area contributed by atoms with E-state index >= 15 is 8.78 Å². The molecule has 5 heterocycles. The van der Waals surface area contributed by atoms with Gasteiger partial charge in [0.2, 0.25) is 0 Å². The van der Waals surface area contributed by atoms with Crippen molar-refractivity contribution in [3.8, 4) is 11.1 Å². The molecule has 1 aromatic carbocycles. The summed E-state index contributed by atoms with van der Waals surface area (Å²) in [7, 11) is 0. The number of H-pyrrole nitrogens is 2. The summed E-state index contributed by atoms with van der Waals surface area (Å²) in [6.45, 7) is 0. The van der Waals surface area contributed by atoms with E-state index < -0.39 is 5.91 Å². The van der Waals surface area contributed by atoms with Crippen molar-refractivity contribution in [1.82, 2.24) is 19.9 Å². The Hall–Kier alpha value is -4.85. The van der Waals surface area contributed by atoms with Crippen LogP contribution in [0.15, 0.2) is 72.6 Å². The second-order valence-electron chi connectivity index (χ2n) is 10.5. The van der Waals surface area contributed by atoms with Crippen molar-refractivity contribution >= 4 is 33.5 Å². The molecular formula is C33H27F2N5O. The van der Waals surface area contributed by atoms with Crippen LogP contribution >= 0.6 is 0 Å². The molecular weight excluding hydrogens is 520 g/mol. The number of hydrogen-bond acceptors (Lipinski definition) is 3. The Morgan fingerprint density at radius 2 is 1.51 bits per heavy atom. The summed E-state index contributed by atoms with van der Waals surface area (Å²) >= 11 is 0. The molecule has 41 heavy (non-hydrogen) atoms. The zero-order valence-corrected chi connectivity index (χ0v) is 22.2. The molecule has 0 unspecified atom stereocenters. The molecule has 3 aliphatic rings. The van der Waals surface area contributed by atoms with Crippen molar-refractivity contribution in [2.75, 3.05) is 0 Å². The molecule has 0 atom stereocenters. The van der Waals surface area contributed by atoms with E-state index in [4.69, 9.17) is 15.7 Å². The van der Waals surface area contributed by atoms with Gasteiger partial charge in [0.1, 0.15) is 11.6 Å². The molecule has 8 heteroatoms. The molecule has 8 bridgehead atoms. The maximum absolute atomic E-state index is 15.2. The molecule has 0 saturated carbocycles. The Labute approximate surface area is 234 Å². The Morgan fingerprint density at radius 3 is 2.34 bits per heavy atom. The normalized spacial score (nSPS) is 15.0. The smallest absolute Gasteiger partial charge is 0.252 e. The SMILES string of the molecule is NC(=O)c1c2nc(c(-c3ccccc3F)c3ccc(cc4nc(c(C5=C(F)CCC=C5)c5ccc1[nH]5)CC4)[nH]3)CC2. The first-order valence-electron chi connectivity index (χ1n) is 13.8. The zero-order chi connectivity index (χ0) is 28.1. The van der Waals surface area contributed by atoms with E-state index in [0.717, 1.165) is 16.9 Å². The number of carbonyl (C=O) groups excluding carboxylic acids is 1. The lowest BCUT2D eigenvalue weighted by Gasteiger charge is -2.11. The second-order valence-corrected chi connectivity index (χ2v) is 10.5. The van der Waals surface area contributed by atoms with Crippen LogP contribution < -0.4 is 5.73 Å². The van der Waals surface area contributed by atoms with Crippen molar-refractivity contribution < 1.29 is 13.6 Å². The molecule has 4 aromatic rings. The summed E-state index contributed by atoms with van der Waals surface area (Å²) in [6.07, 6.45) is 7.06. The number of halogens is 2. The largest absolute Gasteiger partial charge is 0.365 e. The number of amides is 1. The third kappa shape index (κ3) is 4.45. The van der Waals surface area contributed by atoms with Gasteiger partial charge in [0.05, 0.1) is 28.2 Å². The number of nitrogens with two attached hydrogens (primary N) is 1. The van der Waals surface area contributed by atoms with Crippen LogP contribution in [-0.2, 0) is 25.7 Å². The number of primary amides is 1. The van der Waals surface area contributed by atoms with Crippen LogP contribution in [0.3, 0.4) is 0 Å². The molecule has 7 rings (SSSR count). The molecule has 2 aliphatic heterocycles. The van der Waals surface area contributed by atoms with Gasteiger partial charge in [-0.2, -0.15) is 0 Å². The quantitative estimate of drug-likeness (QED) is 0.262. The minimum atomic E-state index is -0.623. The minimum absolute atomic E-state index is 0.183. The van der Waals surface area contributed by atoms with Gasteiger partial charge in [-0.25, -0.2) is 8.78 Å². The van der Waals surface area contributed by atoms with Crippen LogP contribution in [-0.4, -0.2) is 25.8 Å². The lowest BCUT2D eigenvalue weighted by Crippen LogP contribution is -2.13. The molecule has 1 amide bonds. The lowest BCUT2D eigenvalue weighted by molar-refractivity contribution is 0.100. The number of carbonyl (C=O) groups is 1. The first kappa shape index (κ1) is 25.1. The van der Waals surface area contributed by atoms with Gasteiger partial charge in [-0.15, -0.1) is 0 Å². The van der Waals surface area contributed by atoms with Crippen molar-refractivity contribution in [3.63, 3.8) is 0 Å². The first-order chi connectivity index (χ1) is 20.0. The molecule has 0 radical (unpaired) electrons. The van der Waals surface area contributed by atoms with E-state index in [1.807, 2.05) is 36.4 Å². The third-order valence-corrected chi connectivity index (χ3v) is 7.92. The number of allylic oxidation sites excluding steroid dienone is 4. The average molecular weight is 548 g/mol. The van der Waals surface area contributed by atoms with E-state index in [0.29, 0.717) is 88.7 Å². The Kier molecular flexibility index (Phi) is 6.11. The molecule has 204 valence electrons. The number of aryl methyl sites for hydroxylation is 4. The van der Waals surface area contributed by atoms with E-state index in [-0.39, 0.29) is 17.2 Å². The number of fused-ring (bicyclic) bond motifs is 8. The van der Waals surface area contributed by atoms with Gasteiger partial charge in [-0.3, -0.25) is 14.8 Å². The van der Waals surface area contributed by atoms with E-state index in [2.05, 4.69) is 9.97 Å². The predicted molar refractivity (Wildman–Crippen MR) is 156 cm³/mol. The Bertz CT molecular complexity index is 1960. The maximum atomic E-state index is 15.2. The number of benzene rings is 1.